The molecule has 5 nitrogen and oxygen atoms in total. The van der Waals surface area contributed by atoms with Crippen LogP contribution >= 0.6 is 0 Å². The van der Waals surface area contributed by atoms with Crippen LogP contribution in [-0.2, 0) is 16.4 Å². The number of pyridine rings is 2. The lowest BCUT2D eigenvalue weighted by molar-refractivity contribution is -0.141. The summed E-state index contributed by atoms with van der Waals surface area (Å²) in [5, 5.41) is 6.00. The number of carbonyl (C=O) groups is 1. The SMILES string of the molecule is Cc1cccnc1NC(=O)C1(c2ccc(Nc3ccnc(C(F)(F)F)c3)cc2)CCCCC1. The number of halogens is 3. The molecule has 2 heterocycles. The van der Waals surface area contributed by atoms with E-state index < -0.39 is 17.3 Å². The summed E-state index contributed by atoms with van der Waals surface area (Å²) < 4.78 is 38.8. The van der Waals surface area contributed by atoms with Crippen molar-refractivity contribution in [3.05, 3.63) is 77.7 Å². The zero-order valence-electron chi connectivity index (χ0n) is 18.2. The smallest absolute Gasteiger partial charge is 0.355 e. The molecule has 0 spiro atoms. The number of carbonyl (C=O) groups excluding carboxylic acids is 1. The molecule has 0 unspecified atom stereocenters. The van der Waals surface area contributed by atoms with Gasteiger partial charge in [0.05, 0.1) is 5.41 Å². The zero-order valence-corrected chi connectivity index (χ0v) is 18.2. The monoisotopic (exact) mass is 454 g/mol. The van der Waals surface area contributed by atoms with E-state index in [9.17, 15) is 18.0 Å². The van der Waals surface area contributed by atoms with Crippen LogP contribution in [0.5, 0.6) is 0 Å². The fraction of sp³-hybridized carbons (Fsp3) is 0.320. The van der Waals surface area contributed by atoms with Crippen molar-refractivity contribution >= 4 is 23.1 Å². The topological polar surface area (TPSA) is 66.9 Å². The molecule has 1 aliphatic carbocycles. The second kappa shape index (κ2) is 9.21. The average Bonchev–Trinajstić information content (AvgIpc) is 2.81. The van der Waals surface area contributed by atoms with Crippen molar-refractivity contribution in [2.24, 2.45) is 0 Å². The lowest BCUT2D eigenvalue weighted by atomic mass is 9.68. The summed E-state index contributed by atoms with van der Waals surface area (Å²) in [7, 11) is 0. The van der Waals surface area contributed by atoms with E-state index in [1.54, 1.807) is 18.3 Å². The number of benzene rings is 1. The van der Waals surface area contributed by atoms with Gasteiger partial charge in [0.1, 0.15) is 11.5 Å². The lowest BCUT2D eigenvalue weighted by Crippen LogP contribution is -2.42. The normalized spacial score (nSPS) is 15.6. The van der Waals surface area contributed by atoms with Crippen molar-refractivity contribution in [1.82, 2.24) is 9.97 Å². The molecule has 3 aromatic rings. The molecule has 4 rings (SSSR count). The van der Waals surface area contributed by atoms with Gasteiger partial charge in [0.25, 0.3) is 0 Å². The van der Waals surface area contributed by atoms with Gasteiger partial charge >= 0.3 is 6.18 Å². The van der Waals surface area contributed by atoms with Crippen LogP contribution in [0, 0.1) is 6.92 Å². The van der Waals surface area contributed by atoms with Crippen molar-refractivity contribution in [3.8, 4) is 0 Å². The number of aryl methyl sites for hydroxylation is 1. The van der Waals surface area contributed by atoms with Crippen LogP contribution in [0.25, 0.3) is 0 Å². The molecule has 1 amide bonds. The summed E-state index contributed by atoms with van der Waals surface area (Å²) in [6.07, 6.45) is 2.72. The maximum Gasteiger partial charge on any atom is 0.433 e. The molecule has 1 aromatic carbocycles. The number of rotatable bonds is 5. The molecule has 0 radical (unpaired) electrons. The number of aromatic nitrogens is 2. The molecule has 172 valence electrons. The largest absolute Gasteiger partial charge is 0.433 e. The van der Waals surface area contributed by atoms with Crippen LogP contribution < -0.4 is 10.6 Å². The molecule has 0 atom stereocenters. The first-order chi connectivity index (χ1) is 15.8. The third-order valence-electron chi connectivity index (χ3n) is 6.16. The molecule has 0 aliphatic heterocycles. The highest BCUT2D eigenvalue weighted by Crippen LogP contribution is 2.41. The maximum atomic E-state index is 13.5. The Kier molecular flexibility index (Phi) is 6.35. The number of hydrogen-bond donors (Lipinski definition) is 2. The predicted molar refractivity (Wildman–Crippen MR) is 121 cm³/mol. The third-order valence-corrected chi connectivity index (χ3v) is 6.16. The highest BCUT2D eigenvalue weighted by Gasteiger charge is 2.41. The second-order valence-corrected chi connectivity index (χ2v) is 8.40. The van der Waals surface area contributed by atoms with Crippen LogP contribution in [0.15, 0.2) is 60.9 Å². The zero-order chi connectivity index (χ0) is 23.5. The number of amides is 1. The van der Waals surface area contributed by atoms with Gasteiger partial charge < -0.3 is 10.6 Å². The van der Waals surface area contributed by atoms with E-state index in [0.717, 1.165) is 55.5 Å². The first-order valence-electron chi connectivity index (χ1n) is 10.9. The molecule has 2 N–H and O–H groups in total. The maximum absolute atomic E-state index is 13.5. The van der Waals surface area contributed by atoms with E-state index in [0.29, 0.717) is 17.2 Å². The fourth-order valence-corrected chi connectivity index (χ4v) is 4.35. The van der Waals surface area contributed by atoms with Gasteiger partial charge in [-0.05, 0) is 61.2 Å². The van der Waals surface area contributed by atoms with Gasteiger partial charge in [-0.2, -0.15) is 13.2 Å². The van der Waals surface area contributed by atoms with Crippen LogP contribution in [0.3, 0.4) is 0 Å². The number of nitrogens with zero attached hydrogens (tertiary/aromatic N) is 2. The lowest BCUT2D eigenvalue weighted by Gasteiger charge is -2.36. The van der Waals surface area contributed by atoms with Crippen LogP contribution in [-0.4, -0.2) is 15.9 Å². The van der Waals surface area contributed by atoms with E-state index >= 15 is 0 Å². The minimum atomic E-state index is -4.51. The number of hydrogen-bond acceptors (Lipinski definition) is 4. The first kappa shape index (κ1) is 22.8. The summed E-state index contributed by atoms with van der Waals surface area (Å²) >= 11 is 0. The van der Waals surface area contributed by atoms with Crippen molar-refractivity contribution in [1.29, 1.82) is 0 Å². The minimum Gasteiger partial charge on any atom is -0.355 e. The molecular formula is C25H25F3N4O. The van der Waals surface area contributed by atoms with Gasteiger partial charge in [-0.3, -0.25) is 9.78 Å². The Morgan fingerprint density at radius 2 is 1.67 bits per heavy atom. The van der Waals surface area contributed by atoms with E-state index in [1.807, 2.05) is 31.2 Å². The minimum absolute atomic E-state index is 0.0753. The molecule has 8 heteroatoms. The Morgan fingerprint density at radius 1 is 0.939 bits per heavy atom. The number of nitrogens with one attached hydrogen (secondary N) is 2. The van der Waals surface area contributed by atoms with Crippen molar-refractivity contribution in [3.63, 3.8) is 0 Å². The third kappa shape index (κ3) is 4.99. The number of alkyl halides is 3. The average molecular weight is 454 g/mol. The van der Waals surface area contributed by atoms with Crippen LogP contribution in [0.4, 0.5) is 30.4 Å². The standard InChI is InChI=1S/C25H25F3N4O/c1-17-6-5-14-30-22(17)32-23(33)24(12-3-2-4-13-24)18-7-9-19(10-8-18)31-20-11-15-29-21(16-20)25(26,27)28/h5-11,14-16H,2-4,12-13H2,1H3,(H,29,31)(H,30,32,33). The van der Waals surface area contributed by atoms with Crippen LogP contribution in [0.1, 0.15) is 48.9 Å². The van der Waals surface area contributed by atoms with Crippen molar-refractivity contribution in [2.75, 3.05) is 10.6 Å². The Balaban J connectivity index is 1.57. The fourth-order valence-electron chi connectivity index (χ4n) is 4.35. The predicted octanol–water partition coefficient (Wildman–Crippen LogP) is 6.39. The van der Waals surface area contributed by atoms with Crippen molar-refractivity contribution in [2.45, 2.75) is 50.6 Å². The Bertz CT molecular complexity index is 1120. The van der Waals surface area contributed by atoms with Gasteiger partial charge in [-0.25, -0.2) is 4.98 Å². The van der Waals surface area contributed by atoms with Gasteiger partial charge in [-0.15, -0.1) is 0 Å². The summed E-state index contributed by atoms with van der Waals surface area (Å²) in [5.74, 6) is 0.484. The molecular weight excluding hydrogens is 429 g/mol. The van der Waals surface area contributed by atoms with Crippen LogP contribution in [0.2, 0.25) is 0 Å². The Labute approximate surface area is 190 Å². The highest BCUT2D eigenvalue weighted by atomic mass is 19.4. The Morgan fingerprint density at radius 3 is 2.33 bits per heavy atom. The molecule has 0 bridgehead atoms. The number of anilines is 3. The van der Waals surface area contributed by atoms with E-state index in [1.165, 1.54) is 6.07 Å². The second-order valence-electron chi connectivity index (χ2n) is 8.40. The molecule has 0 saturated heterocycles. The molecule has 33 heavy (non-hydrogen) atoms. The van der Waals surface area contributed by atoms with Crippen molar-refractivity contribution < 1.29 is 18.0 Å². The summed E-state index contributed by atoms with van der Waals surface area (Å²) in [6, 6.07) is 13.5. The van der Waals surface area contributed by atoms with E-state index in [-0.39, 0.29) is 5.91 Å². The van der Waals surface area contributed by atoms with Gasteiger partial charge in [0.2, 0.25) is 5.91 Å². The van der Waals surface area contributed by atoms with E-state index in [2.05, 4.69) is 20.6 Å². The Hall–Kier alpha value is -3.42. The summed E-state index contributed by atoms with van der Waals surface area (Å²) in [4.78, 5) is 21.1. The molecule has 1 fully saturated rings. The molecule has 1 aliphatic rings. The van der Waals surface area contributed by atoms with Gasteiger partial charge in [0, 0.05) is 23.8 Å². The van der Waals surface area contributed by atoms with Gasteiger partial charge in [0.15, 0.2) is 0 Å². The highest BCUT2D eigenvalue weighted by molar-refractivity contribution is 5.99. The van der Waals surface area contributed by atoms with Gasteiger partial charge in [-0.1, -0.05) is 37.5 Å². The van der Waals surface area contributed by atoms with E-state index in [4.69, 9.17) is 0 Å². The first-order valence-corrected chi connectivity index (χ1v) is 10.9. The molecule has 2 aromatic heterocycles. The molecule has 1 saturated carbocycles. The summed E-state index contributed by atoms with van der Waals surface area (Å²) in [6.45, 7) is 1.90. The quantitative estimate of drug-likeness (QED) is 0.469. The summed E-state index contributed by atoms with van der Waals surface area (Å²) in [5.41, 5.74) is 1.09.